The van der Waals surface area contributed by atoms with Crippen LogP contribution in [0.3, 0.4) is 0 Å². The molecule has 0 bridgehead atoms. The Balaban J connectivity index is 1.48. The molecule has 3 aromatic rings. The molecular formula is C22H26N4O4S2. The molecule has 1 atom stereocenters. The van der Waals surface area contributed by atoms with Crippen LogP contribution in [0.5, 0.6) is 0 Å². The Morgan fingerprint density at radius 1 is 1.25 bits per heavy atom. The Morgan fingerprint density at radius 2 is 2.00 bits per heavy atom. The number of carbonyl (C=O) groups excluding carboxylic acids is 1. The first kappa shape index (κ1) is 22.6. The number of amides is 1. The van der Waals surface area contributed by atoms with E-state index in [0.717, 1.165) is 28.2 Å². The van der Waals surface area contributed by atoms with E-state index < -0.39 is 15.9 Å². The van der Waals surface area contributed by atoms with Gasteiger partial charge in [-0.05, 0) is 56.0 Å². The molecule has 0 saturated carbocycles. The molecule has 0 aliphatic carbocycles. The molecule has 170 valence electrons. The predicted molar refractivity (Wildman–Crippen MR) is 123 cm³/mol. The minimum Gasteiger partial charge on any atom is -0.339 e. The lowest BCUT2D eigenvalue weighted by Crippen LogP contribution is -2.43. The molecule has 32 heavy (non-hydrogen) atoms. The van der Waals surface area contributed by atoms with Crippen LogP contribution in [0.1, 0.15) is 36.8 Å². The second-order valence-corrected chi connectivity index (χ2v) is 11.2. The maximum Gasteiger partial charge on any atom is 0.252 e. The highest BCUT2D eigenvalue weighted by molar-refractivity contribution is 7.91. The van der Waals surface area contributed by atoms with E-state index in [1.54, 1.807) is 11.4 Å². The van der Waals surface area contributed by atoms with E-state index in [4.69, 9.17) is 4.52 Å². The smallest absolute Gasteiger partial charge is 0.252 e. The number of nitrogens with zero attached hydrogens (tertiary/aromatic N) is 3. The monoisotopic (exact) mass is 474 g/mol. The highest BCUT2D eigenvalue weighted by Crippen LogP contribution is 2.31. The Labute approximate surface area is 191 Å². The molecule has 0 radical (unpaired) electrons. The van der Waals surface area contributed by atoms with E-state index in [9.17, 15) is 13.2 Å². The number of carbonyl (C=O) groups is 1. The van der Waals surface area contributed by atoms with Gasteiger partial charge in [-0.15, -0.1) is 11.3 Å². The average molecular weight is 475 g/mol. The van der Waals surface area contributed by atoms with E-state index in [1.807, 2.05) is 39.0 Å². The summed E-state index contributed by atoms with van der Waals surface area (Å²) in [6, 6.07) is 7.44. The van der Waals surface area contributed by atoms with Gasteiger partial charge in [0, 0.05) is 36.1 Å². The quantitative estimate of drug-likeness (QED) is 0.579. The van der Waals surface area contributed by atoms with Crippen LogP contribution in [-0.4, -0.2) is 41.9 Å². The zero-order valence-electron chi connectivity index (χ0n) is 18.3. The molecule has 1 aromatic carbocycles. The van der Waals surface area contributed by atoms with Gasteiger partial charge in [0.25, 0.3) is 10.0 Å². The zero-order chi connectivity index (χ0) is 22.9. The van der Waals surface area contributed by atoms with E-state index >= 15 is 0 Å². The van der Waals surface area contributed by atoms with Gasteiger partial charge < -0.3 is 9.84 Å². The van der Waals surface area contributed by atoms with E-state index in [2.05, 4.69) is 15.5 Å². The van der Waals surface area contributed by atoms with Crippen molar-refractivity contribution in [2.45, 2.75) is 44.2 Å². The summed E-state index contributed by atoms with van der Waals surface area (Å²) in [5.74, 6) is 0.331. The fraction of sp³-hybridized carbons (Fsp3) is 0.409. The van der Waals surface area contributed by atoms with Gasteiger partial charge >= 0.3 is 0 Å². The van der Waals surface area contributed by atoms with Crippen molar-refractivity contribution in [2.75, 3.05) is 18.4 Å². The average Bonchev–Trinajstić information content (AvgIpc) is 3.43. The number of hydrogen-bond acceptors (Lipinski definition) is 7. The number of benzene rings is 1. The first-order valence-corrected chi connectivity index (χ1v) is 12.9. The van der Waals surface area contributed by atoms with Gasteiger partial charge in [-0.3, -0.25) is 4.79 Å². The number of sulfonamides is 1. The molecule has 1 saturated heterocycles. The Morgan fingerprint density at radius 3 is 2.69 bits per heavy atom. The maximum atomic E-state index is 13.2. The zero-order valence-corrected chi connectivity index (χ0v) is 19.9. The Kier molecular flexibility index (Phi) is 6.45. The van der Waals surface area contributed by atoms with Crippen LogP contribution < -0.4 is 5.32 Å². The molecule has 2 aromatic heterocycles. The van der Waals surface area contributed by atoms with Crippen LogP contribution in [-0.2, 0) is 21.2 Å². The molecule has 10 heteroatoms. The number of hydrogen-bond donors (Lipinski definition) is 1. The van der Waals surface area contributed by atoms with Crippen LogP contribution in [0.4, 0.5) is 5.69 Å². The van der Waals surface area contributed by atoms with E-state index in [-0.39, 0.29) is 16.7 Å². The number of thiophene rings is 1. The first-order chi connectivity index (χ1) is 15.3. The number of nitrogens with one attached hydrogen (secondary N) is 1. The van der Waals surface area contributed by atoms with Crippen molar-refractivity contribution < 1.29 is 17.7 Å². The normalized spacial score (nSPS) is 17.4. The van der Waals surface area contributed by atoms with Crippen LogP contribution in [0.15, 0.2) is 38.4 Å². The highest BCUT2D eigenvalue weighted by atomic mass is 32.2. The summed E-state index contributed by atoms with van der Waals surface area (Å²) in [5.41, 5.74) is 3.48. The first-order valence-electron chi connectivity index (χ1n) is 10.6. The lowest BCUT2D eigenvalue weighted by Gasteiger charge is -2.30. The van der Waals surface area contributed by atoms with E-state index in [0.29, 0.717) is 43.1 Å². The fourth-order valence-corrected chi connectivity index (χ4v) is 6.71. The fourth-order valence-electron chi connectivity index (χ4n) is 3.88. The van der Waals surface area contributed by atoms with Crippen molar-refractivity contribution in [1.82, 2.24) is 14.4 Å². The maximum absolute atomic E-state index is 13.2. The number of anilines is 1. The third-order valence-electron chi connectivity index (χ3n) is 5.44. The largest absolute Gasteiger partial charge is 0.339 e. The van der Waals surface area contributed by atoms with Crippen LogP contribution in [0, 0.1) is 19.8 Å². The van der Waals surface area contributed by atoms with Crippen molar-refractivity contribution in [3.63, 3.8) is 0 Å². The molecule has 1 aliphatic heterocycles. The van der Waals surface area contributed by atoms with Crippen LogP contribution >= 0.6 is 11.3 Å². The van der Waals surface area contributed by atoms with Crippen molar-refractivity contribution in [3.8, 4) is 11.4 Å². The van der Waals surface area contributed by atoms with Crippen LogP contribution in [0.25, 0.3) is 11.4 Å². The highest BCUT2D eigenvalue weighted by Gasteiger charge is 2.34. The third kappa shape index (κ3) is 4.77. The second-order valence-electron chi connectivity index (χ2n) is 8.09. The summed E-state index contributed by atoms with van der Waals surface area (Å²) < 4.78 is 33.2. The summed E-state index contributed by atoms with van der Waals surface area (Å²) in [4.78, 5) is 17.1. The molecule has 0 unspecified atom stereocenters. The molecular weight excluding hydrogens is 448 g/mol. The summed E-state index contributed by atoms with van der Waals surface area (Å²) in [6.45, 7) is 6.41. The summed E-state index contributed by atoms with van der Waals surface area (Å²) in [5, 5.41) is 8.58. The van der Waals surface area contributed by atoms with Gasteiger partial charge in [0.15, 0.2) is 0 Å². The van der Waals surface area contributed by atoms with Gasteiger partial charge in [-0.1, -0.05) is 18.1 Å². The molecule has 4 rings (SSSR count). The predicted octanol–water partition coefficient (Wildman–Crippen LogP) is 4.02. The number of rotatable bonds is 6. The van der Waals surface area contributed by atoms with Gasteiger partial charge in [-0.25, -0.2) is 8.42 Å². The molecule has 1 fully saturated rings. The Bertz CT molecular complexity index is 1210. The van der Waals surface area contributed by atoms with Crippen molar-refractivity contribution >= 4 is 33.0 Å². The lowest BCUT2D eigenvalue weighted by atomic mass is 9.98. The van der Waals surface area contributed by atoms with Crippen molar-refractivity contribution in [3.05, 3.63) is 46.7 Å². The molecule has 1 N–H and O–H groups in total. The minimum atomic E-state index is -3.72. The van der Waals surface area contributed by atoms with Gasteiger partial charge in [0.05, 0.1) is 5.92 Å². The number of aromatic nitrogens is 2. The summed E-state index contributed by atoms with van der Waals surface area (Å²) >= 11 is 1.13. The van der Waals surface area contributed by atoms with Crippen molar-refractivity contribution in [1.29, 1.82) is 0 Å². The third-order valence-corrected chi connectivity index (χ3v) is 8.72. The SMILES string of the molecule is CCc1nc(-c2csc(S(=O)(=O)N3CCC[C@@H](C(=O)Nc4cc(C)cc(C)c4)C3)c2)no1. The van der Waals surface area contributed by atoms with Gasteiger partial charge in [0.1, 0.15) is 4.21 Å². The minimum absolute atomic E-state index is 0.152. The second kappa shape index (κ2) is 9.13. The number of piperidine rings is 1. The molecule has 0 spiro atoms. The molecule has 8 nitrogen and oxygen atoms in total. The van der Waals surface area contributed by atoms with Crippen molar-refractivity contribution in [2.24, 2.45) is 5.92 Å². The standard InChI is InChI=1S/C22H26N4O4S2/c1-4-19-24-21(25-30-19)17-11-20(31-13-17)32(28,29)26-7-5-6-16(12-26)22(27)23-18-9-14(2)8-15(3)10-18/h8-11,13,16H,4-7,12H2,1-3H3,(H,23,27)/t16-/m1/s1. The lowest BCUT2D eigenvalue weighted by molar-refractivity contribution is -0.120. The summed E-state index contributed by atoms with van der Waals surface area (Å²) in [7, 11) is -3.72. The molecule has 1 aliphatic rings. The molecule has 3 heterocycles. The number of aryl methyl sites for hydroxylation is 3. The molecule has 1 amide bonds. The Hall–Kier alpha value is -2.56. The summed E-state index contributed by atoms with van der Waals surface area (Å²) in [6.07, 6.45) is 1.90. The van der Waals surface area contributed by atoms with Crippen LogP contribution in [0.2, 0.25) is 0 Å². The van der Waals surface area contributed by atoms with Gasteiger partial charge in [0.2, 0.25) is 17.6 Å². The topological polar surface area (TPSA) is 105 Å². The van der Waals surface area contributed by atoms with E-state index in [1.165, 1.54) is 4.31 Å². The van der Waals surface area contributed by atoms with Gasteiger partial charge in [-0.2, -0.15) is 9.29 Å².